The zero-order chi connectivity index (χ0) is 104. The van der Waals surface area contributed by atoms with Gasteiger partial charge in [-0.1, -0.05) is 161 Å². The second-order valence-corrected chi connectivity index (χ2v) is 378. The van der Waals surface area contributed by atoms with Gasteiger partial charge in [0.2, 0.25) is 0 Å². The van der Waals surface area contributed by atoms with Crippen LogP contribution in [-0.4, -0.2) is 4.57 Å². The zero-order valence-electron chi connectivity index (χ0n) is 75.4. The van der Waals surface area contributed by atoms with Crippen molar-refractivity contribution in [1.82, 2.24) is 4.57 Å². The van der Waals surface area contributed by atoms with Gasteiger partial charge in [-0.05, 0) is 380 Å². The van der Waals surface area contributed by atoms with Gasteiger partial charge in [0.05, 0.1) is 22.4 Å². The van der Waals surface area contributed by atoms with Crippen LogP contribution in [0.15, 0.2) is 182 Å². The lowest BCUT2D eigenvalue weighted by molar-refractivity contribution is 0.660. The van der Waals surface area contributed by atoms with Crippen molar-refractivity contribution in [1.29, 1.82) is 0 Å². The van der Waals surface area contributed by atoms with Crippen LogP contribution in [0.1, 0.15) is 49.9 Å². The molecule has 46 atom stereocenters. The first kappa shape index (κ1) is 151. The van der Waals surface area contributed by atoms with Gasteiger partial charge in [-0.2, -0.15) is 0 Å². The van der Waals surface area contributed by atoms with Gasteiger partial charge in [0, 0.05) is 44.1 Å². The first-order valence-corrected chi connectivity index (χ1v) is 192. The lowest BCUT2D eigenvalue weighted by atomic mass is 9.82. The summed E-state index contributed by atoms with van der Waals surface area (Å²) in [4.78, 5) is 2.55. The van der Waals surface area contributed by atoms with Crippen LogP contribution in [0, 0.1) is 0 Å². The highest BCUT2D eigenvalue weighted by Gasteiger charge is 2.66. The lowest BCUT2D eigenvalue weighted by Crippen LogP contribution is -2.17. The summed E-state index contributed by atoms with van der Waals surface area (Å²) in [6.07, 6.45) is 0. The molecule has 11 rings (SSSR count). The average Bonchev–Trinajstić information content (AvgIpc) is 1.58. The molecule has 0 N–H and O–H groups in total. The molecule has 0 radical (unpaired) electrons. The van der Waals surface area contributed by atoms with E-state index in [0.29, 0.717) is 0 Å². The molecule has 8 aromatic carbocycles. The second-order valence-electron chi connectivity index (χ2n) is 29.9. The van der Waals surface area contributed by atoms with Gasteiger partial charge in [0.1, 0.15) is 0 Å². The highest BCUT2D eigenvalue weighted by molar-refractivity contribution is 9.58. The number of rotatable bonds is 45. The van der Waals surface area contributed by atoms with Crippen LogP contribution in [0.2, 0.25) is 0 Å². The van der Waals surface area contributed by atoms with Gasteiger partial charge in [-0.15, -0.1) is 384 Å². The number of para-hydroxylation sites is 2. The summed E-state index contributed by atoms with van der Waals surface area (Å²) >= 11 is 0. The van der Waals surface area contributed by atoms with E-state index in [4.69, 9.17) is 0 Å². The predicted molar refractivity (Wildman–Crippen MR) is 937 cm³/mol. The molecule has 0 spiro atoms. The maximum Gasteiger partial charge on any atom is 0.0543 e. The van der Waals surface area contributed by atoms with E-state index in [0.717, 1.165) is 11.4 Å². The summed E-state index contributed by atoms with van der Waals surface area (Å²) in [5, 5.41) is 2.55. The number of hydrogen-bond donors (Lipinski definition) is 0. The summed E-state index contributed by atoms with van der Waals surface area (Å²) < 4.78 is 2.39. The largest absolute Gasteiger partial charge is 0.309 e. The Bertz CT molecular complexity index is 4960. The minimum atomic E-state index is -0.507. The fourth-order valence-electron chi connectivity index (χ4n) is 15.2. The van der Waals surface area contributed by atoms with Crippen molar-refractivity contribution >= 4 is 709 Å². The third kappa shape index (κ3) is 38.9. The van der Waals surface area contributed by atoms with Crippen molar-refractivity contribution < 1.29 is 0 Å². The summed E-state index contributed by atoms with van der Waals surface area (Å²) in [7, 11) is 160. The Morgan fingerprint density at radius 3 is 0.700 bits per heavy atom. The molecule has 0 saturated carbocycles. The fourth-order valence-corrected chi connectivity index (χ4v) is 1250. The van der Waals surface area contributed by atoms with Gasteiger partial charge in [0.25, 0.3) is 0 Å². The number of benzene rings is 8. The monoisotopic (exact) mass is 3410 g/mol. The summed E-state index contributed by atoms with van der Waals surface area (Å²) in [6.45, 7) is -5.74. The summed E-state index contributed by atoms with van der Waals surface area (Å²) in [6, 6.07) is 67.5. The van der Waals surface area contributed by atoms with Crippen molar-refractivity contribution in [2.24, 2.45) is 0 Å². The van der Waals surface area contributed by atoms with E-state index in [1.807, 2.05) is 0 Å². The second kappa shape index (κ2) is 73.0. The third-order valence-corrected chi connectivity index (χ3v) is 615. The van der Waals surface area contributed by atoms with Crippen LogP contribution in [-0.2, 0) is 10.8 Å². The topological polar surface area (TPSA) is 8.17 Å². The minimum Gasteiger partial charge on any atom is -0.309 e. The molecule has 2 aliphatic carbocycles. The molecule has 0 bridgehead atoms. The Labute approximate surface area is 986 Å². The predicted octanol–water partition coefficient (Wildman–Crippen LogP) is 63.9. The molecule has 2 aliphatic rings. The molecule has 0 saturated heterocycles. The van der Waals surface area contributed by atoms with Crippen LogP contribution in [0.4, 0.5) is 17.1 Å². The molecule has 0 fully saturated rings. The van der Waals surface area contributed by atoms with Gasteiger partial charge < -0.3 is 9.47 Å². The quantitative estimate of drug-likeness (QED) is 0.0345. The molecular weight excluding hydrogens is 3280 g/mol. The Morgan fingerprint density at radius 2 is 0.429 bits per heavy atom. The summed E-state index contributed by atoms with van der Waals surface area (Å²) in [5.41, 5.74) is 20.1. The lowest BCUT2D eigenvalue weighted by Gasteiger charge is -2.63. The van der Waals surface area contributed by atoms with E-state index in [2.05, 4.69) is 603 Å². The molecule has 774 valence electrons. The van der Waals surface area contributed by atoms with Crippen LogP contribution in [0.25, 0.3) is 60.9 Å². The first-order chi connectivity index (χ1) is 65.5. The third-order valence-electron chi connectivity index (χ3n) is 20.2. The highest BCUT2D eigenvalue weighted by Crippen LogP contribution is 3.53. The summed E-state index contributed by atoms with van der Waals surface area (Å²) in [5.74, 6) is 0. The Kier molecular flexibility index (Phi) is 78.7. The van der Waals surface area contributed by atoms with Crippen molar-refractivity contribution in [3.63, 3.8) is 0 Å². The highest BCUT2D eigenvalue weighted by atomic mass is 33.6. The molecule has 9 aromatic rings. The van der Waals surface area contributed by atoms with E-state index >= 15 is 0 Å². The first-order valence-electron chi connectivity index (χ1n) is 38.9. The van der Waals surface area contributed by atoms with Crippen LogP contribution >= 0.6 is 670 Å². The maximum absolute atomic E-state index is 3.94. The normalized spacial score (nSPS) is 15.2. The van der Waals surface area contributed by atoms with E-state index in [1.54, 1.807) is 0 Å². The number of anilines is 3. The SMILES string of the molecule is CC1(C)c2ccccc2-c2c(N(c3cccc(-c4ccc(-n5c6ccccc6c6ccccc65)cc4)c3)c3cccc4c3-c3ccccc3C4(C)C)cccc21.PP(P)P(P)P(P(P(P)P)P(P)P)P(P(P(P)P)P(P)P)P(P(P(P(P(P)P)P(P)P)P(P(P)P)P(P)P)P(P(P(P)P)P(P)P)P(P(P)P)P(P)P)P(P(P(P(P)P)P(P)P)P(P(P)P)P(P)P)P(P(P(P)P)P(P)P)P(P(P)P)P(P)P. The molecular formula is C54H128N2P84. The van der Waals surface area contributed by atoms with E-state index in [-0.39, 0.29) is 227 Å². The molecule has 140 heavy (non-hydrogen) atoms. The average molecular weight is 3410 g/mol. The Balaban J connectivity index is 0.000000307. The molecule has 1 aromatic heterocycles. The Hall–Kier alpha value is 29.5. The van der Waals surface area contributed by atoms with E-state index in [9.17, 15) is 0 Å². The number of hydrogen-bond acceptors (Lipinski definition) is 1. The number of fused-ring (bicyclic) bond motifs is 9. The molecule has 46 unspecified atom stereocenters. The smallest absolute Gasteiger partial charge is 0.0543 e. The standard InChI is InChI=1S/C54H42N2.H86P84/c1-53(2)43-22-9-5-20-41(43)51-45(53)24-14-28-49(51)56(50-29-15-25-46-52(50)42-21-6-10-23-44(42)54(46,3)4)38-17-13-16-36(34-38)35-30-32-37(33-31-35)55-47-26-11-7-18-39(47)40-19-8-12-27-48(40)55;1-44(2)65(43)76(66(45(3)4)46(5)6)81(75(63(39)40)64(41)42)84(82(77(67(47(7)8)48(9)10)68(49(11)12)50(13)14)78(69(51(15)16)52(17)18)70(53(19)20)54(21)22)83(79(71(55(23)24)56(25)26)72(57(27)28)58(29)30)80(73(59(31)32)60(33)34)74(61(35)36)62(37)38/h5-34H,1-4H3;1-43H2. The molecule has 1 heterocycles. The van der Waals surface area contributed by atoms with Crippen molar-refractivity contribution in [2.75, 3.05) is 4.90 Å². The Morgan fingerprint density at radius 1 is 0.200 bits per heavy atom. The van der Waals surface area contributed by atoms with Crippen LogP contribution < -0.4 is 4.90 Å². The number of aromatic nitrogens is 1. The van der Waals surface area contributed by atoms with E-state index < -0.39 is 69.9 Å². The van der Waals surface area contributed by atoms with Crippen molar-refractivity contribution in [2.45, 2.75) is 38.5 Å². The molecule has 86 heteroatoms. The fraction of sp³-hybridized carbons (Fsp3) is 0.111. The number of nitrogens with zero attached hydrogens (tertiary/aromatic N) is 2. The van der Waals surface area contributed by atoms with E-state index in [1.165, 1.54) is 88.8 Å². The zero-order valence-corrected chi connectivity index (χ0v) is 162. The maximum atomic E-state index is 3.94. The molecule has 0 amide bonds. The van der Waals surface area contributed by atoms with Crippen LogP contribution in [0.3, 0.4) is 0 Å². The van der Waals surface area contributed by atoms with Crippen LogP contribution in [0.5, 0.6) is 0 Å². The van der Waals surface area contributed by atoms with Gasteiger partial charge >= 0.3 is 0 Å². The van der Waals surface area contributed by atoms with Crippen molar-refractivity contribution in [3.8, 4) is 39.1 Å². The van der Waals surface area contributed by atoms with Gasteiger partial charge in [-0.25, -0.2) is 0 Å². The van der Waals surface area contributed by atoms with Crippen molar-refractivity contribution in [3.05, 3.63) is 204 Å². The van der Waals surface area contributed by atoms with Gasteiger partial charge in [-0.3, -0.25) is 0 Å². The minimum absolute atomic E-state index is 0.110. The molecule has 0 aliphatic heterocycles. The van der Waals surface area contributed by atoms with Gasteiger partial charge in [0.15, 0.2) is 0 Å². The molecule has 2 nitrogen and oxygen atoms in total.